The van der Waals surface area contributed by atoms with Crippen molar-refractivity contribution in [3.05, 3.63) is 76.7 Å². The predicted octanol–water partition coefficient (Wildman–Crippen LogP) is 3.80. The van der Waals surface area contributed by atoms with Gasteiger partial charge in [-0.05, 0) is 56.0 Å². The van der Waals surface area contributed by atoms with Crippen molar-refractivity contribution < 1.29 is 8.42 Å². The molecule has 0 aliphatic carbocycles. The molecular weight excluding hydrogens is 356 g/mol. The molecule has 1 aliphatic heterocycles. The zero-order valence-corrected chi connectivity index (χ0v) is 16.7. The summed E-state index contributed by atoms with van der Waals surface area (Å²) in [6, 6.07) is 18.2. The molecule has 4 nitrogen and oxygen atoms in total. The average Bonchev–Trinajstić information content (AvgIpc) is 2.69. The van der Waals surface area contributed by atoms with Crippen LogP contribution in [0.1, 0.15) is 29.5 Å². The van der Waals surface area contributed by atoms with E-state index in [1.54, 1.807) is 6.08 Å². The van der Waals surface area contributed by atoms with E-state index in [9.17, 15) is 8.42 Å². The molecule has 1 fully saturated rings. The van der Waals surface area contributed by atoms with Gasteiger partial charge in [0, 0.05) is 18.5 Å². The molecule has 144 valence electrons. The molecule has 1 N–H and O–H groups in total. The number of sulfonamides is 1. The van der Waals surface area contributed by atoms with Gasteiger partial charge >= 0.3 is 0 Å². The molecule has 1 saturated heterocycles. The summed E-state index contributed by atoms with van der Waals surface area (Å²) in [4.78, 5) is 2.45. The van der Waals surface area contributed by atoms with Crippen LogP contribution in [0.3, 0.4) is 0 Å². The summed E-state index contributed by atoms with van der Waals surface area (Å²) in [5.74, 6) is 0.402. The first-order valence-corrected chi connectivity index (χ1v) is 11.1. The molecule has 0 bridgehead atoms. The highest BCUT2D eigenvalue weighted by Gasteiger charge is 2.20. The summed E-state index contributed by atoms with van der Waals surface area (Å²) < 4.78 is 27.1. The summed E-state index contributed by atoms with van der Waals surface area (Å²) in [7, 11) is -3.39. The zero-order valence-electron chi connectivity index (χ0n) is 15.8. The number of piperidine rings is 1. The number of likely N-dealkylation sites (tertiary alicyclic amines) is 1. The van der Waals surface area contributed by atoms with E-state index in [0.29, 0.717) is 12.5 Å². The van der Waals surface area contributed by atoms with E-state index in [-0.39, 0.29) is 0 Å². The Bertz CT molecular complexity index is 838. The Balaban J connectivity index is 1.42. The summed E-state index contributed by atoms with van der Waals surface area (Å²) in [5.41, 5.74) is 3.50. The van der Waals surface area contributed by atoms with E-state index in [1.165, 1.54) is 16.5 Å². The smallest absolute Gasteiger partial charge is 0.233 e. The van der Waals surface area contributed by atoms with Crippen molar-refractivity contribution in [1.82, 2.24) is 9.62 Å². The van der Waals surface area contributed by atoms with Gasteiger partial charge in [0.25, 0.3) is 0 Å². The lowest BCUT2D eigenvalue weighted by Gasteiger charge is -2.32. The number of hydrogen-bond donors (Lipinski definition) is 1. The topological polar surface area (TPSA) is 49.4 Å². The third kappa shape index (κ3) is 6.61. The molecule has 5 heteroatoms. The maximum absolute atomic E-state index is 12.2. The van der Waals surface area contributed by atoms with Gasteiger partial charge in [-0.25, -0.2) is 13.1 Å². The van der Waals surface area contributed by atoms with E-state index in [4.69, 9.17) is 0 Å². The number of rotatable bonds is 7. The van der Waals surface area contributed by atoms with Crippen molar-refractivity contribution >= 4 is 16.1 Å². The first-order chi connectivity index (χ1) is 13.0. The van der Waals surface area contributed by atoms with Crippen LogP contribution < -0.4 is 4.72 Å². The summed E-state index contributed by atoms with van der Waals surface area (Å²) >= 11 is 0. The minimum atomic E-state index is -3.39. The molecule has 27 heavy (non-hydrogen) atoms. The van der Waals surface area contributed by atoms with Crippen molar-refractivity contribution in [1.29, 1.82) is 0 Å². The molecule has 0 unspecified atom stereocenters. The lowest BCUT2D eigenvalue weighted by molar-refractivity contribution is 0.178. The van der Waals surface area contributed by atoms with Crippen molar-refractivity contribution in [3.8, 4) is 0 Å². The van der Waals surface area contributed by atoms with Crippen LogP contribution in [-0.4, -0.2) is 33.0 Å². The van der Waals surface area contributed by atoms with Crippen LogP contribution >= 0.6 is 0 Å². The molecule has 2 aromatic rings. The number of hydrogen-bond acceptors (Lipinski definition) is 3. The Morgan fingerprint density at radius 3 is 2.37 bits per heavy atom. The zero-order chi connectivity index (χ0) is 19.1. The highest BCUT2D eigenvalue weighted by atomic mass is 32.2. The van der Waals surface area contributed by atoms with Crippen LogP contribution in [0.2, 0.25) is 0 Å². The summed E-state index contributed by atoms with van der Waals surface area (Å²) in [6.07, 6.45) is 3.68. The van der Waals surface area contributed by atoms with Gasteiger partial charge in [0.15, 0.2) is 0 Å². The normalized spacial score (nSPS) is 16.8. The quantitative estimate of drug-likeness (QED) is 0.790. The van der Waals surface area contributed by atoms with Crippen LogP contribution in [0.4, 0.5) is 0 Å². The van der Waals surface area contributed by atoms with Gasteiger partial charge in [0.2, 0.25) is 10.0 Å². The van der Waals surface area contributed by atoms with Gasteiger partial charge in [0.1, 0.15) is 0 Å². The fourth-order valence-electron chi connectivity index (χ4n) is 3.31. The third-order valence-corrected chi connectivity index (χ3v) is 6.11. The molecule has 0 saturated carbocycles. The first kappa shape index (κ1) is 19.8. The Labute approximate surface area is 163 Å². The third-order valence-electron chi connectivity index (χ3n) is 5.05. The Morgan fingerprint density at radius 2 is 1.70 bits per heavy atom. The van der Waals surface area contributed by atoms with E-state index in [0.717, 1.165) is 38.0 Å². The Morgan fingerprint density at radius 1 is 1.04 bits per heavy atom. The van der Waals surface area contributed by atoms with Gasteiger partial charge in [0.05, 0.1) is 0 Å². The molecular formula is C22H28N2O2S. The van der Waals surface area contributed by atoms with Gasteiger partial charge < -0.3 is 0 Å². The molecule has 1 aliphatic rings. The van der Waals surface area contributed by atoms with E-state index >= 15 is 0 Å². The SMILES string of the molecule is Cc1ccc(CN2CCC(CNS(=O)(=O)C=Cc3ccccc3)CC2)cc1. The molecule has 2 aromatic carbocycles. The second kappa shape index (κ2) is 9.31. The van der Waals surface area contributed by atoms with Crippen LogP contribution in [0.15, 0.2) is 60.0 Å². The van der Waals surface area contributed by atoms with Crippen molar-refractivity contribution in [3.63, 3.8) is 0 Å². The van der Waals surface area contributed by atoms with E-state index < -0.39 is 10.0 Å². The highest BCUT2D eigenvalue weighted by Crippen LogP contribution is 2.19. The Hall–Kier alpha value is -1.95. The fraction of sp³-hybridized carbons (Fsp3) is 0.364. The lowest BCUT2D eigenvalue weighted by atomic mass is 9.97. The van der Waals surface area contributed by atoms with Gasteiger partial charge in [-0.1, -0.05) is 60.2 Å². The molecule has 3 rings (SSSR count). The van der Waals surface area contributed by atoms with Gasteiger partial charge in [-0.15, -0.1) is 0 Å². The maximum atomic E-state index is 12.2. The molecule has 0 aromatic heterocycles. The molecule has 0 spiro atoms. The van der Waals surface area contributed by atoms with E-state index in [2.05, 4.69) is 40.8 Å². The number of benzene rings is 2. The summed E-state index contributed by atoms with van der Waals surface area (Å²) in [6.45, 7) is 5.62. The van der Waals surface area contributed by atoms with Crippen LogP contribution in [-0.2, 0) is 16.6 Å². The minimum Gasteiger partial charge on any atom is -0.299 e. The van der Waals surface area contributed by atoms with E-state index in [1.807, 2.05) is 30.3 Å². The molecule has 0 radical (unpaired) electrons. The number of nitrogens with zero attached hydrogens (tertiary/aromatic N) is 1. The maximum Gasteiger partial charge on any atom is 0.233 e. The van der Waals surface area contributed by atoms with Crippen molar-refractivity contribution in [2.24, 2.45) is 5.92 Å². The molecule has 0 atom stereocenters. The largest absolute Gasteiger partial charge is 0.299 e. The predicted molar refractivity (Wildman–Crippen MR) is 112 cm³/mol. The second-order valence-electron chi connectivity index (χ2n) is 7.31. The monoisotopic (exact) mass is 384 g/mol. The molecule has 1 heterocycles. The van der Waals surface area contributed by atoms with Crippen LogP contribution in [0.25, 0.3) is 6.08 Å². The second-order valence-corrected chi connectivity index (χ2v) is 8.96. The van der Waals surface area contributed by atoms with Crippen LogP contribution in [0.5, 0.6) is 0 Å². The fourth-order valence-corrected chi connectivity index (χ4v) is 4.22. The van der Waals surface area contributed by atoms with Gasteiger partial charge in [-0.3, -0.25) is 4.90 Å². The van der Waals surface area contributed by atoms with Crippen molar-refractivity contribution in [2.75, 3.05) is 19.6 Å². The molecule has 0 amide bonds. The minimum absolute atomic E-state index is 0.402. The number of nitrogens with one attached hydrogen (secondary N) is 1. The van der Waals surface area contributed by atoms with Crippen LogP contribution in [0, 0.1) is 12.8 Å². The average molecular weight is 385 g/mol. The standard InChI is InChI=1S/C22H28N2O2S/c1-19-7-9-22(10-8-19)18-24-14-11-21(12-15-24)17-23-27(25,26)16-13-20-5-3-2-4-6-20/h2-10,13,16,21,23H,11-12,14-15,17-18H2,1H3. The summed E-state index contributed by atoms with van der Waals surface area (Å²) in [5, 5.41) is 1.26. The number of aryl methyl sites for hydroxylation is 1. The Kier molecular flexibility index (Phi) is 6.83. The van der Waals surface area contributed by atoms with Gasteiger partial charge in [-0.2, -0.15) is 0 Å². The highest BCUT2D eigenvalue weighted by molar-refractivity contribution is 7.92. The first-order valence-electron chi connectivity index (χ1n) is 9.51. The van der Waals surface area contributed by atoms with Crippen molar-refractivity contribution in [2.45, 2.75) is 26.3 Å². The lowest BCUT2D eigenvalue weighted by Crippen LogP contribution is -2.37.